The predicted octanol–water partition coefficient (Wildman–Crippen LogP) is 2.73. The van der Waals surface area contributed by atoms with Crippen molar-refractivity contribution in [1.82, 2.24) is 15.3 Å². The molecule has 0 saturated heterocycles. The Morgan fingerprint density at radius 1 is 0.882 bits per heavy atom. The molecule has 0 spiro atoms. The number of nitrogens with one attached hydrogen (secondary N) is 1. The number of hydrogen-bond acceptors (Lipinski definition) is 3. The third-order valence-corrected chi connectivity index (χ3v) is 2.82. The van der Waals surface area contributed by atoms with Crippen molar-refractivity contribution in [1.29, 1.82) is 0 Å². The Kier molecular flexibility index (Phi) is 6.67. The quantitative estimate of drug-likeness (QED) is 0.724. The normalized spacial score (nSPS) is 13.8. The van der Waals surface area contributed by atoms with E-state index in [-0.39, 0.29) is 11.1 Å². The van der Waals surface area contributed by atoms with Crippen LogP contribution >= 0.6 is 0 Å². The van der Waals surface area contributed by atoms with Crippen molar-refractivity contribution < 1.29 is 0 Å². The molecule has 0 aliphatic carbocycles. The maximum Gasteiger partial charge on any atom is 0.0272 e. The summed E-state index contributed by atoms with van der Waals surface area (Å²) in [6, 6.07) is 0. The summed E-state index contributed by atoms with van der Waals surface area (Å²) in [7, 11) is 0. The SMILES string of the molecule is CCN(CC)N(CCNC(C)(C)C)C(C)(C)C. The van der Waals surface area contributed by atoms with Crippen LogP contribution in [0.5, 0.6) is 0 Å². The topological polar surface area (TPSA) is 18.5 Å². The van der Waals surface area contributed by atoms with Crippen molar-refractivity contribution in [3.8, 4) is 0 Å². The van der Waals surface area contributed by atoms with Crippen LogP contribution < -0.4 is 5.32 Å². The summed E-state index contributed by atoms with van der Waals surface area (Å²) in [6.45, 7) is 22.2. The lowest BCUT2D eigenvalue weighted by Gasteiger charge is -2.43. The summed E-state index contributed by atoms with van der Waals surface area (Å²) in [6.07, 6.45) is 0. The lowest BCUT2D eigenvalue weighted by Crippen LogP contribution is -2.55. The maximum atomic E-state index is 3.56. The molecule has 3 heteroatoms. The minimum atomic E-state index is 0.186. The fourth-order valence-electron chi connectivity index (χ4n) is 2.00. The Labute approximate surface area is 109 Å². The molecule has 0 unspecified atom stereocenters. The highest BCUT2D eigenvalue weighted by Crippen LogP contribution is 2.15. The average molecular weight is 243 g/mol. The van der Waals surface area contributed by atoms with Gasteiger partial charge in [0.1, 0.15) is 0 Å². The van der Waals surface area contributed by atoms with Gasteiger partial charge in [0.15, 0.2) is 0 Å². The maximum absolute atomic E-state index is 3.56. The summed E-state index contributed by atoms with van der Waals surface area (Å²) < 4.78 is 0. The van der Waals surface area contributed by atoms with Gasteiger partial charge in [-0.05, 0) is 41.5 Å². The lowest BCUT2D eigenvalue weighted by molar-refractivity contribution is -0.0838. The zero-order valence-corrected chi connectivity index (χ0v) is 13.2. The molecule has 0 aromatic heterocycles. The van der Waals surface area contributed by atoms with Gasteiger partial charge in [0, 0.05) is 37.3 Å². The molecule has 104 valence electrons. The highest BCUT2D eigenvalue weighted by molar-refractivity contribution is 4.77. The van der Waals surface area contributed by atoms with Crippen LogP contribution in [0.25, 0.3) is 0 Å². The molecule has 0 rings (SSSR count). The molecule has 0 fully saturated rings. The van der Waals surface area contributed by atoms with Gasteiger partial charge < -0.3 is 5.32 Å². The van der Waals surface area contributed by atoms with Gasteiger partial charge in [-0.15, -0.1) is 0 Å². The van der Waals surface area contributed by atoms with Gasteiger partial charge >= 0.3 is 0 Å². The van der Waals surface area contributed by atoms with Crippen LogP contribution in [0.2, 0.25) is 0 Å². The van der Waals surface area contributed by atoms with E-state index in [4.69, 9.17) is 0 Å². The van der Waals surface area contributed by atoms with Crippen molar-refractivity contribution in [2.75, 3.05) is 26.2 Å². The van der Waals surface area contributed by atoms with Gasteiger partial charge in [0.05, 0.1) is 0 Å². The highest BCUT2D eigenvalue weighted by atomic mass is 15.6. The molecule has 0 bridgehead atoms. The molecule has 0 saturated carbocycles. The van der Waals surface area contributed by atoms with Gasteiger partial charge in [-0.1, -0.05) is 13.8 Å². The van der Waals surface area contributed by atoms with Crippen LogP contribution in [-0.4, -0.2) is 47.3 Å². The first-order valence-electron chi connectivity index (χ1n) is 6.89. The fourth-order valence-corrected chi connectivity index (χ4v) is 2.00. The largest absolute Gasteiger partial charge is 0.311 e. The van der Waals surface area contributed by atoms with Crippen LogP contribution in [0.1, 0.15) is 55.4 Å². The molecule has 0 heterocycles. The van der Waals surface area contributed by atoms with Gasteiger partial charge in [-0.25, -0.2) is 10.0 Å². The van der Waals surface area contributed by atoms with Gasteiger partial charge in [0.2, 0.25) is 0 Å². The minimum absolute atomic E-state index is 0.186. The Morgan fingerprint density at radius 3 is 1.65 bits per heavy atom. The molecule has 0 radical (unpaired) electrons. The second-order valence-electron chi connectivity index (χ2n) is 6.61. The summed E-state index contributed by atoms with van der Waals surface area (Å²) in [5, 5.41) is 8.46. The second-order valence-corrected chi connectivity index (χ2v) is 6.61. The van der Waals surface area contributed by atoms with E-state index in [9.17, 15) is 0 Å². The lowest BCUT2D eigenvalue weighted by atomic mass is 10.1. The van der Waals surface area contributed by atoms with Crippen molar-refractivity contribution >= 4 is 0 Å². The molecular weight excluding hydrogens is 210 g/mol. The van der Waals surface area contributed by atoms with Gasteiger partial charge in [-0.3, -0.25) is 0 Å². The molecule has 3 nitrogen and oxygen atoms in total. The number of hydrazine groups is 1. The van der Waals surface area contributed by atoms with Crippen LogP contribution in [-0.2, 0) is 0 Å². The third kappa shape index (κ3) is 7.02. The first-order chi connectivity index (χ1) is 7.61. The highest BCUT2D eigenvalue weighted by Gasteiger charge is 2.25. The van der Waals surface area contributed by atoms with E-state index in [1.165, 1.54) is 0 Å². The van der Waals surface area contributed by atoms with Crippen molar-refractivity contribution in [2.45, 2.75) is 66.5 Å². The monoisotopic (exact) mass is 243 g/mol. The molecule has 1 N–H and O–H groups in total. The minimum Gasteiger partial charge on any atom is -0.311 e. The van der Waals surface area contributed by atoms with E-state index < -0.39 is 0 Å². The third-order valence-electron chi connectivity index (χ3n) is 2.82. The smallest absolute Gasteiger partial charge is 0.0272 e. The summed E-state index contributed by atoms with van der Waals surface area (Å²) >= 11 is 0. The van der Waals surface area contributed by atoms with E-state index in [0.29, 0.717) is 0 Å². The first-order valence-corrected chi connectivity index (χ1v) is 6.89. The van der Waals surface area contributed by atoms with Gasteiger partial charge in [0.25, 0.3) is 0 Å². The standard InChI is InChI=1S/C14H33N3/c1-9-16(10-2)17(14(6,7)8)12-11-15-13(3,4)5/h15H,9-12H2,1-8H3. The Morgan fingerprint density at radius 2 is 1.35 bits per heavy atom. The molecular formula is C14H33N3. The molecule has 0 aromatic carbocycles. The Hall–Kier alpha value is -0.120. The van der Waals surface area contributed by atoms with Gasteiger partial charge in [-0.2, -0.15) is 0 Å². The molecule has 0 atom stereocenters. The first kappa shape index (κ1) is 16.9. The zero-order chi connectivity index (χ0) is 13.7. The molecule has 0 aliphatic heterocycles. The van der Waals surface area contributed by atoms with Crippen molar-refractivity contribution in [3.05, 3.63) is 0 Å². The molecule has 17 heavy (non-hydrogen) atoms. The fraction of sp³-hybridized carbons (Fsp3) is 1.00. The van der Waals surface area contributed by atoms with Crippen LogP contribution in [0.15, 0.2) is 0 Å². The van der Waals surface area contributed by atoms with E-state index in [0.717, 1.165) is 26.2 Å². The van der Waals surface area contributed by atoms with E-state index in [2.05, 4.69) is 70.7 Å². The number of hydrogen-bond donors (Lipinski definition) is 1. The zero-order valence-electron chi connectivity index (χ0n) is 13.2. The second kappa shape index (κ2) is 6.72. The number of nitrogens with zero attached hydrogens (tertiary/aromatic N) is 2. The van der Waals surface area contributed by atoms with Crippen LogP contribution in [0, 0.1) is 0 Å². The van der Waals surface area contributed by atoms with Crippen LogP contribution in [0.4, 0.5) is 0 Å². The van der Waals surface area contributed by atoms with Crippen molar-refractivity contribution in [3.63, 3.8) is 0 Å². The van der Waals surface area contributed by atoms with E-state index in [1.807, 2.05) is 0 Å². The van der Waals surface area contributed by atoms with E-state index in [1.54, 1.807) is 0 Å². The Balaban J connectivity index is 4.41. The van der Waals surface area contributed by atoms with Crippen LogP contribution in [0.3, 0.4) is 0 Å². The van der Waals surface area contributed by atoms with E-state index >= 15 is 0 Å². The molecule has 0 amide bonds. The Bertz CT molecular complexity index is 196. The summed E-state index contributed by atoms with van der Waals surface area (Å²) in [5.74, 6) is 0. The summed E-state index contributed by atoms with van der Waals surface area (Å²) in [5.41, 5.74) is 0.387. The predicted molar refractivity (Wildman–Crippen MR) is 77.1 cm³/mol. The number of rotatable bonds is 6. The molecule has 0 aliphatic rings. The van der Waals surface area contributed by atoms with Crippen molar-refractivity contribution in [2.24, 2.45) is 0 Å². The molecule has 0 aromatic rings. The summed E-state index contributed by atoms with van der Waals surface area (Å²) in [4.78, 5) is 0. The average Bonchev–Trinajstić information content (AvgIpc) is 2.13.